The number of thioether (sulfide) groups is 2. The summed E-state index contributed by atoms with van der Waals surface area (Å²) in [6, 6.07) is -0.636. The van der Waals surface area contributed by atoms with Gasteiger partial charge in [0.1, 0.15) is 23.7 Å². The van der Waals surface area contributed by atoms with Crippen molar-refractivity contribution in [3.63, 3.8) is 0 Å². The van der Waals surface area contributed by atoms with Crippen LogP contribution in [0.1, 0.15) is 0 Å². The quantitative estimate of drug-likeness (QED) is 0.536. The lowest BCUT2D eigenvalue weighted by Gasteiger charge is -2.47. The molecule has 9 heteroatoms. The summed E-state index contributed by atoms with van der Waals surface area (Å²) < 4.78 is 4.80. The van der Waals surface area contributed by atoms with Gasteiger partial charge in [0.05, 0.1) is 0 Å². The van der Waals surface area contributed by atoms with Crippen LogP contribution in [0.3, 0.4) is 0 Å². The van der Waals surface area contributed by atoms with E-state index in [4.69, 9.17) is 10.5 Å². The van der Waals surface area contributed by atoms with E-state index >= 15 is 0 Å². The second-order valence-corrected chi connectivity index (χ2v) is 6.80. The van der Waals surface area contributed by atoms with Gasteiger partial charge >= 0.3 is 11.9 Å². The molecule has 0 aromatic rings. The lowest BCUT2D eigenvalue weighted by Crippen LogP contribution is -2.68. The number of cyclic esters (lactones) is 1. The molecule has 3 aliphatic rings. The Bertz CT molecular complexity index is 600. The molecule has 1 saturated heterocycles. The van der Waals surface area contributed by atoms with Gasteiger partial charge in [-0.2, -0.15) is 0 Å². The van der Waals surface area contributed by atoms with E-state index in [1.807, 2.05) is 0 Å². The van der Waals surface area contributed by atoms with Crippen LogP contribution < -0.4 is 5.73 Å². The number of β-lactam (4-membered cyclic amide) rings is 1. The van der Waals surface area contributed by atoms with Crippen molar-refractivity contribution < 1.29 is 24.2 Å². The van der Waals surface area contributed by atoms with Gasteiger partial charge in [-0.05, 0) is 6.08 Å². The largest absolute Gasteiger partial charge is 0.477 e. The number of hydrogen-bond donors (Lipinski definition) is 2. The van der Waals surface area contributed by atoms with Crippen molar-refractivity contribution in [1.29, 1.82) is 0 Å². The van der Waals surface area contributed by atoms with Crippen LogP contribution in [0.2, 0.25) is 0 Å². The summed E-state index contributed by atoms with van der Waals surface area (Å²) in [7, 11) is 0. The zero-order valence-electron chi connectivity index (χ0n) is 10.8. The Kier molecular flexibility index (Phi) is 3.72. The minimum absolute atomic E-state index is 0.0117. The Morgan fingerprint density at radius 2 is 2.33 bits per heavy atom. The van der Waals surface area contributed by atoms with E-state index in [9.17, 15) is 19.5 Å². The summed E-state index contributed by atoms with van der Waals surface area (Å²) in [4.78, 5) is 36.4. The number of hydrogen-bond acceptors (Lipinski definition) is 7. The summed E-state index contributed by atoms with van der Waals surface area (Å²) in [5.41, 5.74) is 6.18. The Labute approximate surface area is 128 Å². The second-order valence-electron chi connectivity index (χ2n) is 4.63. The third-order valence-corrected chi connectivity index (χ3v) is 6.01. The predicted octanol–water partition coefficient (Wildman–Crippen LogP) is -0.259. The molecule has 3 rings (SSSR count). The van der Waals surface area contributed by atoms with E-state index in [0.29, 0.717) is 22.0 Å². The van der Waals surface area contributed by atoms with Crippen molar-refractivity contribution in [2.24, 2.45) is 5.73 Å². The molecule has 0 radical (unpaired) electrons. The van der Waals surface area contributed by atoms with Crippen LogP contribution in [0.25, 0.3) is 0 Å². The van der Waals surface area contributed by atoms with Crippen LogP contribution >= 0.6 is 23.5 Å². The van der Waals surface area contributed by atoms with E-state index in [-0.39, 0.29) is 29.6 Å². The molecule has 0 aromatic heterocycles. The van der Waals surface area contributed by atoms with Crippen LogP contribution in [0, 0.1) is 0 Å². The number of aliphatic carboxylic acids is 1. The molecule has 3 heterocycles. The number of fused-ring (bicyclic) bond motifs is 1. The van der Waals surface area contributed by atoms with Gasteiger partial charge in [0.25, 0.3) is 0 Å². The lowest BCUT2D eigenvalue weighted by molar-refractivity contribution is -0.147. The number of nitrogens with two attached hydrogens (primary N) is 1. The van der Waals surface area contributed by atoms with Gasteiger partial charge in [-0.3, -0.25) is 9.69 Å². The molecule has 0 aliphatic carbocycles. The SMILES string of the molecule is N[C@@H]1C(=O)N2C(C(=O)O)=C(SCC3=CCOC3=O)CS[C@@H]12. The van der Waals surface area contributed by atoms with Gasteiger partial charge in [-0.15, -0.1) is 23.5 Å². The average Bonchev–Trinajstić information content (AvgIpc) is 2.88. The van der Waals surface area contributed by atoms with Crippen molar-refractivity contribution in [3.05, 3.63) is 22.3 Å². The molecule has 0 spiro atoms. The molecule has 0 saturated carbocycles. The highest BCUT2D eigenvalue weighted by molar-refractivity contribution is 8.06. The Balaban J connectivity index is 1.80. The number of ether oxygens (including phenoxy) is 1. The number of esters is 1. The maximum absolute atomic E-state index is 11.8. The number of carbonyl (C=O) groups excluding carboxylic acids is 2. The molecule has 0 bridgehead atoms. The van der Waals surface area contributed by atoms with Crippen LogP contribution in [0.5, 0.6) is 0 Å². The molecule has 1 fully saturated rings. The molecular weight excluding hydrogens is 316 g/mol. The first kappa shape index (κ1) is 14.5. The summed E-state index contributed by atoms with van der Waals surface area (Å²) in [6.45, 7) is 0.260. The first-order valence-corrected chi connectivity index (χ1v) is 8.20. The molecular formula is C12H12N2O5S2. The van der Waals surface area contributed by atoms with Gasteiger partial charge in [-0.1, -0.05) is 0 Å². The average molecular weight is 328 g/mol. The number of rotatable bonds is 4. The molecule has 3 aliphatic heterocycles. The highest BCUT2D eigenvalue weighted by Gasteiger charge is 2.51. The van der Waals surface area contributed by atoms with Crippen molar-refractivity contribution >= 4 is 41.4 Å². The zero-order chi connectivity index (χ0) is 15.1. The van der Waals surface area contributed by atoms with Gasteiger partial charge in [0, 0.05) is 22.0 Å². The van der Waals surface area contributed by atoms with Gasteiger partial charge in [0.2, 0.25) is 5.91 Å². The predicted molar refractivity (Wildman–Crippen MR) is 77.2 cm³/mol. The molecule has 0 unspecified atom stereocenters. The zero-order valence-corrected chi connectivity index (χ0v) is 12.4. The second kappa shape index (κ2) is 5.39. The monoisotopic (exact) mass is 328 g/mol. The summed E-state index contributed by atoms with van der Waals surface area (Å²) in [5.74, 6) is -1.09. The number of carboxylic acids is 1. The van der Waals surface area contributed by atoms with Gasteiger partial charge in [-0.25, -0.2) is 9.59 Å². The molecule has 7 nitrogen and oxygen atoms in total. The minimum atomic E-state index is -1.15. The molecule has 1 amide bonds. The van der Waals surface area contributed by atoms with Crippen LogP contribution in [0.15, 0.2) is 22.3 Å². The lowest BCUT2D eigenvalue weighted by atomic mass is 10.1. The molecule has 21 heavy (non-hydrogen) atoms. The van der Waals surface area contributed by atoms with Crippen LogP contribution in [-0.2, 0) is 19.1 Å². The Morgan fingerprint density at radius 1 is 1.57 bits per heavy atom. The minimum Gasteiger partial charge on any atom is -0.477 e. The number of carboxylic acid groups (broad SMARTS) is 1. The smallest absolute Gasteiger partial charge is 0.353 e. The maximum Gasteiger partial charge on any atom is 0.353 e. The Hall–Kier alpha value is -1.45. The summed E-state index contributed by atoms with van der Waals surface area (Å²) in [6.07, 6.45) is 1.68. The van der Waals surface area contributed by atoms with E-state index in [0.717, 1.165) is 0 Å². The Morgan fingerprint density at radius 3 is 2.95 bits per heavy atom. The van der Waals surface area contributed by atoms with E-state index in [1.165, 1.54) is 28.4 Å². The fourth-order valence-electron chi connectivity index (χ4n) is 2.27. The fourth-order valence-corrected chi connectivity index (χ4v) is 4.84. The van der Waals surface area contributed by atoms with Crippen LogP contribution in [-0.4, -0.2) is 57.4 Å². The third kappa shape index (κ3) is 2.34. The van der Waals surface area contributed by atoms with Crippen molar-refractivity contribution in [1.82, 2.24) is 4.90 Å². The van der Waals surface area contributed by atoms with Crippen LogP contribution in [0.4, 0.5) is 0 Å². The summed E-state index contributed by atoms with van der Waals surface area (Å²) in [5, 5.41) is 9.06. The first-order chi connectivity index (χ1) is 10.0. The first-order valence-electron chi connectivity index (χ1n) is 6.16. The van der Waals surface area contributed by atoms with E-state index in [1.54, 1.807) is 6.08 Å². The van der Waals surface area contributed by atoms with E-state index in [2.05, 4.69) is 0 Å². The van der Waals surface area contributed by atoms with Crippen molar-refractivity contribution in [2.45, 2.75) is 11.4 Å². The molecule has 0 aromatic carbocycles. The normalized spacial score (nSPS) is 28.0. The number of nitrogens with zero attached hydrogens (tertiary/aromatic N) is 1. The highest BCUT2D eigenvalue weighted by Crippen LogP contribution is 2.43. The molecule has 2 atom stereocenters. The van der Waals surface area contributed by atoms with Gasteiger partial charge in [0.15, 0.2) is 0 Å². The highest BCUT2D eigenvalue weighted by atomic mass is 32.2. The van der Waals surface area contributed by atoms with Crippen molar-refractivity contribution in [2.75, 3.05) is 18.1 Å². The van der Waals surface area contributed by atoms with Crippen molar-refractivity contribution in [3.8, 4) is 0 Å². The molecule has 112 valence electrons. The number of amides is 1. The van der Waals surface area contributed by atoms with Gasteiger partial charge < -0.3 is 15.6 Å². The standard InChI is InChI=1S/C12H12N2O5S2/c13-7-9(15)14-8(11(16)17)6(4-21-10(7)14)20-3-5-1-2-19-12(5)18/h1,7,10H,2-4,13H2,(H,16,17)/t7-,10+/m1/s1. The fraction of sp³-hybridized carbons (Fsp3) is 0.417. The van der Waals surface area contributed by atoms with E-state index < -0.39 is 12.0 Å². The molecule has 3 N–H and O–H groups in total. The topological polar surface area (TPSA) is 110 Å². The summed E-state index contributed by atoms with van der Waals surface area (Å²) >= 11 is 2.69. The third-order valence-electron chi connectivity index (χ3n) is 3.39. The maximum atomic E-state index is 11.8. The number of carbonyl (C=O) groups is 3.